The predicted molar refractivity (Wildman–Crippen MR) is 126 cm³/mol. The summed E-state index contributed by atoms with van der Waals surface area (Å²) < 4.78 is 46.1. The highest BCUT2D eigenvalue weighted by Gasteiger charge is 2.59. The molecule has 2 aliphatic rings. The molecule has 1 saturated carbocycles. The molecule has 1 aliphatic carbocycles. The third-order valence-corrected chi connectivity index (χ3v) is 6.77. The highest BCUT2D eigenvalue weighted by atomic mass is 79.9. The summed E-state index contributed by atoms with van der Waals surface area (Å²) in [6, 6.07) is 9.72. The number of thiocarbonyl (C=S) groups is 1. The Hall–Kier alpha value is -2.35. The van der Waals surface area contributed by atoms with Gasteiger partial charge in [0.05, 0.1) is 34.5 Å². The number of carbonyl (C=O) groups excluding carboxylic acids is 1. The van der Waals surface area contributed by atoms with Gasteiger partial charge in [-0.05, 0) is 67.9 Å². The number of hydrogen-bond acceptors (Lipinski definition) is 4. The zero-order valence-electron chi connectivity index (χ0n) is 17.0. The Labute approximate surface area is 206 Å². The van der Waals surface area contributed by atoms with E-state index in [4.69, 9.17) is 33.8 Å². The lowest BCUT2D eigenvalue weighted by Gasteiger charge is -2.43. The molecule has 33 heavy (non-hydrogen) atoms. The van der Waals surface area contributed by atoms with Crippen LogP contribution in [0.1, 0.15) is 30.4 Å². The van der Waals surface area contributed by atoms with E-state index >= 15 is 0 Å². The Morgan fingerprint density at radius 1 is 1.21 bits per heavy atom. The Kier molecular flexibility index (Phi) is 6.33. The van der Waals surface area contributed by atoms with Gasteiger partial charge in [0.25, 0.3) is 5.91 Å². The van der Waals surface area contributed by atoms with Crippen molar-refractivity contribution >= 4 is 62.1 Å². The topological polar surface area (TPSA) is 56.6 Å². The Morgan fingerprint density at radius 3 is 2.45 bits per heavy atom. The number of amides is 1. The molecule has 11 heteroatoms. The van der Waals surface area contributed by atoms with Crippen molar-refractivity contribution in [3.63, 3.8) is 0 Å². The lowest BCUT2D eigenvalue weighted by atomic mass is 9.75. The van der Waals surface area contributed by atoms with E-state index in [2.05, 4.69) is 15.9 Å². The van der Waals surface area contributed by atoms with Gasteiger partial charge in [0, 0.05) is 11.0 Å². The van der Waals surface area contributed by atoms with Crippen LogP contribution in [0.2, 0.25) is 5.02 Å². The zero-order valence-corrected chi connectivity index (χ0v) is 20.1. The first-order valence-corrected chi connectivity index (χ1v) is 11.8. The third-order valence-electron chi connectivity index (χ3n) is 5.79. The van der Waals surface area contributed by atoms with Crippen LogP contribution in [-0.4, -0.2) is 28.5 Å². The van der Waals surface area contributed by atoms with Crippen molar-refractivity contribution in [3.8, 4) is 11.8 Å². The van der Waals surface area contributed by atoms with Crippen LogP contribution in [-0.2, 0) is 11.0 Å². The fraction of sp³-hybridized carbons (Fsp3) is 0.318. The van der Waals surface area contributed by atoms with Crippen LogP contribution >= 0.6 is 39.7 Å². The van der Waals surface area contributed by atoms with Gasteiger partial charge in [0.1, 0.15) is 11.3 Å². The number of nitriles is 1. The molecule has 1 saturated heterocycles. The van der Waals surface area contributed by atoms with Crippen molar-refractivity contribution in [1.29, 1.82) is 5.26 Å². The molecule has 2 aromatic carbocycles. The van der Waals surface area contributed by atoms with Gasteiger partial charge >= 0.3 is 6.18 Å². The molecule has 0 N–H and O–H groups in total. The summed E-state index contributed by atoms with van der Waals surface area (Å²) in [4.78, 5) is 16.3. The average Bonchev–Trinajstić information content (AvgIpc) is 2.98. The van der Waals surface area contributed by atoms with Crippen molar-refractivity contribution in [2.45, 2.75) is 31.0 Å². The van der Waals surface area contributed by atoms with Crippen molar-refractivity contribution in [2.24, 2.45) is 0 Å². The molecule has 5 nitrogen and oxygen atoms in total. The number of ether oxygens (including phenoxy) is 1. The minimum Gasteiger partial charge on any atom is -0.491 e. The molecule has 0 unspecified atom stereocenters. The van der Waals surface area contributed by atoms with Crippen LogP contribution in [0.5, 0.6) is 5.75 Å². The summed E-state index contributed by atoms with van der Waals surface area (Å²) in [5.74, 6) is 0.0741. The van der Waals surface area contributed by atoms with Crippen molar-refractivity contribution in [3.05, 3.63) is 52.5 Å². The van der Waals surface area contributed by atoms with E-state index < -0.39 is 28.7 Å². The molecule has 0 radical (unpaired) electrons. The van der Waals surface area contributed by atoms with Crippen LogP contribution in [0.4, 0.5) is 24.5 Å². The number of carbonyl (C=O) groups is 1. The molecule has 0 aromatic heterocycles. The normalized spacial score (nSPS) is 17.3. The maximum Gasteiger partial charge on any atom is 0.417 e. The minimum atomic E-state index is -4.75. The average molecular weight is 559 g/mol. The van der Waals surface area contributed by atoms with E-state index in [9.17, 15) is 18.0 Å². The highest BCUT2D eigenvalue weighted by Crippen LogP contribution is 2.49. The SMILES string of the molecule is N#Cc1ccc(N2C(=O)C3(CCC3)N(c3ccc(OCCBr)c(Cl)c3)C2=S)cc1C(F)(F)F. The summed E-state index contributed by atoms with van der Waals surface area (Å²) in [6.45, 7) is 0.414. The number of alkyl halides is 4. The molecule has 4 rings (SSSR count). The van der Waals surface area contributed by atoms with Crippen molar-refractivity contribution < 1.29 is 22.7 Å². The fourth-order valence-corrected chi connectivity index (χ4v) is 4.97. The molecule has 1 heterocycles. The fourth-order valence-electron chi connectivity index (χ4n) is 4.11. The summed E-state index contributed by atoms with van der Waals surface area (Å²) in [5, 5.41) is 10.1. The molecule has 1 spiro atoms. The second kappa shape index (κ2) is 8.78. The minimum absolute atomic E-state index is 0.0338. The first-order valence-electron chi connectivity index (χ1n) is 9.92. The molecule has 0 bridgehead atoms. The van der Waals surface area contributed by atoms with Gasteiger partial charge in [0.2, 0.25) is 0 Å². The lowest BCUT2D eigenvalue weighted by molar-refractivity contribution is -0.137. The highest BCUT2D eigenvalue weighted by molar-refractivity contribution is 9.09. The molecular formula is C22H16BrClF3N3O2S. The molecule has 1 amide bonds. The number of hydrogen-bond donors (Lipinski definition) is 0. The smallest absolute Gasteiger partial charge is 0.417 e. The first kappa shape index (κ1) is 23.8. The maximum atomic E-state index is 13.5. The summed E-state index contributed by atoms with van der Waals surface area (Å²) in [7, 11) is 0. The lowest BCUT2D eigenvalue weighted by Crippen LogP contribution is -2.55. The zero-order chi connectivity index (χ0) is 24.0. The summed E-state index contributed by atoms with van der Waals surface area (Å²) >= 11 is 15.3. The quantitative estimate of drug-likeness (QED) is 0.330. The molecule has 172 valence electrons. The predicted octanol–water partition coefficient (Wildman–Crippen LogP) is 6.06. The summed E-state index contributed by atoms with van der Waals surface area (Å²) in [6.07, 6.45) is -2.97. The van der Waals surface area contributed by atoms with E-state index in [1.807, 2.05) is 0 Å². The number of benzene rings is 2. The van der Waals surface area contributed by atoms with E-state index in [-0.39, 0.29) is 10.8 Å². The van der Waals surface area contributed by atoms with Crippen LogP contribution in [0.15, 0.2) is 36.4 Å². The Balaban J connectivity index is 1.76. The summed E-state index contributed by atoms with van der Waals surface area (Å²) in [5.41, 5.74) is -2.10. The molecule has 2 fully saturated rings. The second-order valence-corrected chi connectivity index (χ2v) is 9.20. The largest absolute Gasteiger partial charge is 0.491 e. The molecule has 2 aromatic rings. The monoisotopic (exact) mass is 557 g/mol. The van der Waals surface area contributed by atoms with Gasteiger partial charge in [0.15, 0.2) is 5.11 Å². The molecule has 0 atom stereocenters. The third kappa shape index (κ3) is 3.96. The standard InChI is InChI=1S/C22H16BrClF3N3O2S/c23-8-9-32-18-5-4-15(11-17(18)24)30-20(33)29(19(31)21(30)6-1-7-21)14-3-2-13(12-28)16(10-14)22(25,26)27/h2-5,10-11H,1,6-9H2. The molecule has 1 aliphatic heterocycles. The van der Waals surface area contributed by atoms with E-state index in [1.165, 1.54) is 6.07 Å². The van der Waals surface area contributed by atoms with Gasteiger partial charge in [-0.1, -0.05) is 27.5 Å². The van der Waals surface area contributed by atoms with Gasteiger partial charge in [-0.25, -0.2) is 0 Å². The van der Waals surface area contributed by atoms with Gasteiger partial charge < -0.3 is 9.64 Å². The number of anilines is 2. The maximum absolute atomic E-state index is 13.5. The number of rotatable bonds is 5. The van der Waals surface area contributed by atoms with Gasteiger partial charge in [-0.2, -0.15) is 18.4 Å². The first-order chi connectivity index (χ1) is 15.6. The number of halogens is 5. The van der Waals surface area contributed by atoms with Gasteiger partial charge in [-0.15, -0.1) is 0 Å². The Bertz CT molecular complexity index is 1180. The van der Waals surface area contributed by atoms with Crippen LogP contribution in [0.3, 0.4) is 0 Å². The Morgan fingerprint density at radius 2 is 1.91 bits per heavy atom. The number of nitrogens with zero attached hydrogens (tertiary/aromatic N) is 3. The second-order valence-electron chi connectivity index (χ2n) is 7.64. The van der Waals surface area contributed by atoms with E-state index in [0.717, 1.165) is 23.5 Å². The van der Waals surface area contributed by atoms with E-state index in [1.54, 1.807) is 29.2 Å². The van der Waals surface area contributed by atoms with E-state index in [0.29, 0.717) is 41.2 Å². The van der Waals surface area contributed by atoms with Gasteiger partial charge in [-0.3, -0.25) is 9.69 Å². The van der Waals surface area contributed by atoms with Crippen LogP contribution < -0.4 is 14.5 Å². The van der Waals surface area contributed by atoms with Crippen molar-refractivity contribution in [1.82, 2.24) is 0 Å². The van der Waals surface area contributed by atoms with Crippen molar-refractivity contribution in [2.75, 3.05) is 21.7 Å². The molecular weight excluding hydrogens is 543 g/mol. The van der Waals surface area contributed by atoms with Crippen LogP contribution in [0.25, 0.3) is 0 Å². The van der Waals surface area contributed by atoms with Crippen LogP contribution in [0, 0.1) is 11.3 Å².